The van der Waals surface area contributed by atoms with Gasteiger partial charge in [0.25, 0.3) is 0 Å². The van der Waals surface area contributed by atoms with Crippen molar-refractivity contribution in [3.8, 4) is 0 Å². The van der Waals surface area contributed by atoms with Gasteiger partial charge in [0.05, 0.1) is 17.6 Å². The van der Waals surface area contributed by atoms with Crippen LogP contribution in [0.25, 0.3) is 21.8 Å². The summed E-state index contributed by atoms with van der Waals surface area (Å²) in [6.45, 7) is 0.787. The van der Waals surface area contributed by atoms with Crippen molar-refractivity contribution in [2.24, 2.45) is 0 Å². The Morgan fingerprint density at radius 1 is 0.962 bits per heavy atom. The summed E-state index contributed by atoms with van der Waals surface area (Å²) >= 11 is 1.64. The van der Waals surface area contributed by atoms with Crippen LogP contribution in [-0.4, -0.2) is 22.4 Å². The number of carbonyl (C=O) groups is 1. The Balaban J connectivity index is 1.78. The molecule has 0 saturated carbocycles. The number of likely N-dealkylation sites (N-methyl/N-ethyl adjacent to an activating group) is 1. The van der Waals surface area contributed by atoms with Crippen LogP contribution < -0.4 is 5.43 Å². The number of fused-ring (bicyclic) bond motifs is 2. The van der Waals surface area contributed by atoms with E-state index in [0.29, 0.717) is 17.3 Å². The number of amides is 1. The Bertz CT molecular complexity index is 1090. The highest BCUT2D eigenvalue weighted by atomic mass is 32.1. The third-order valence-corrected chi connectivity index (χ3v) is 5.43. The minimum atomic E-state index is 0.00633. The van der Waals surface area contributed by atoms with Gasteiger partial charge in [-0.1, -0.05) is 30.3 Å². The number of carbonyl (C=O) groups excluding carboxylic acids is 1. The van der Waals surface area contributed by atoms with Crippen molar-refractivity contribution in [2.75, 3.05) is 7.05 Å². The van der Waals surface area contributed by atoms with E-state index in [1.54, 1.807) is 16.2 Å². The van der Waals surface area contributed by atoms with E-state index in [0.717, 1.165) is 15.9 Å². The first-order valence-electron chi connectivity index (χ1n) is 8.42. The highest BCUT2D eigenvalue weighted by Gasteiger charge is 2.15. The maximum atomic E-state index is 12.8. The number of rotatable bonds is 4. The first-order chi connectivity index (χ1) is 12.6. The minimum Gasteiger partial charge on any atom is -0.339 e. The first kappa shape index (κ1) is 16.5. The highest BCUT2D eigenvalue weighted by Crippen LogP contribution is 2.19. The highest BCUT2D eigenvalue weighted by molar-refractivity contribution is 7.09. The molecule has 0 N–H and O–H groups in total. The third kappa shape index (κ3) is 2.91. The zero-order valence-electron chi connectivity index (χ0n) is 14.4. The second kappa shape index (κ2) is 6.77. The Labute approximate surface area is 154 Å². The Morgan fingerprint density at radius 3 is 2.15 bits per heavy atom. The molecule has 1 amide bonds. The molecule has 0 unspecified atom stereocenters. The molecule has 0 atom stereocenters. The van der Waals surface area contributed by atoms with Gasteiger partial charge in [0.15, 0.2) is 5.43 Å². The average molecular weight is 362 g/mol. The predicted octanol–water partition coefficient (Wildman–Crippen LogP) is 3.87. The molecule has 2 aromatic heterocycles. The Morgan fingerprint density at radius 2 is 1.58 bits per heavy atom. The van der Waals surface area contributed by atoms with Crippen LogP contribution in [0.15, 0.2) is 70.8 Å². The topological polar surface area (TPSA) is 42.3 Å². The van der Waals surface area contributed by atoms with Gasteiger partial charge < -0.3 is 9.47 Å². The lowest BCUT2D eigenvalue weighted by Gasteiger charge is -2.20. The van der Waals surface area contributed by atoms with E-state index < -0.39 is 0 Å². The number of benzene rings is 2. The van der Waals surface area contributed by atoms with Crippen LogP contribution in [0.4, 0.5) is 0 Å². The van der Waals surface area contributed by atoms with Gasteiger partial charge in [-0.3, -0.25) is 9.59 Å². The number of para-hydroxylation sites is 2. The fourth-order valence-electron chi connectivity index (χ4n) is 3.23. The first-order valence-corrected chi connectivity index (χ1v) is 9.30. The number of hydrogen-bond donors (Lipinski definition) is 0. The van der Waals surface area contributed by atoms with E-state index >= 15 is 0 Å². The van der Waals surface area contributed by atoms with E-state index in [1.165, 1.54) is 0 Å². The largest absolute Gasteiger partial charge is 0.339 e. The molecular formula is C21H18N2O2S. The number of nitrogens with zero attached hydrogens (tertiary/aromatic N) is 2. The van der Waals surface area contributed by atoms with Crippen LogP contribution in [0, 0.1) is 0 Å². The SMILES string of the molecule is CN(Cc1cccs1)C(=O)Cn1c2ccccc2c(=O)c2ccccc21. The van der Waals surface area contributed by atoms with E-state index in [9.17, 15) is 9.59 Å². The second-order valence-corrected chi connectivity index (χ2v) is 7.31. The molecule has 130 valence electrons. The molecule has 26 heavy (non-hydrogen) atoms. The van der Waals surface area contributed by atoms with Gasteiger partial charge in [-0.15, -0.1) is 11.3 Å². The molecule has 2 heterocycles. The van der Waals surface area contributed by atoms with Crippen molar-refractivity contribution < 1.29 is 4.79 Å². The lowest BCUT2D eigenvalue weighted by molar-refractivity contribution is -0.130. The summed E-state index contributed by atoms with van der Waals surface area (Å²) < 4.78 is 1.94. The third-order valence-electron chi connectivity index (χ3n) is 4.57. The standard InChI is InChI=1S/C21H18N2O2S/c1-22(13-15-7-6-12-26-15)20(24)14-23-18-10-4-2-8-16(18)21(25)17-9-3-5-11-19(17)23/h2-12H,13-14H2,1H3. The number of hydrogen-bond acceptors (Lipinski definition) is 3. The molecule has 4 nitrogen and oxygen atoms in total. The number of thiophene rings is 1. The number of aromatic nitrogens is 1. The summed E-state index contributed by atoms with van der Waals surface area (Å²) in [5.41, 5.74) is 1.58. The smallest absolute Gasteiger partial charge is 0.242 e. The van der Waals surface area contributed by atoms with Crippen molar-refractivity contribution in [3.63, 3.8) is 0 Å². The maximum absolute atomic E-state index is 12.8. The zero-order valence-corrected chi connectivity index (χ0v) is 15.2. The molecule has 2 aromatic carbocycles. The van der Waals surface area contributed by atoms with Gasteiger partial charge in [-0.25, -0.2) is 0 Å². The zero-order chi connectivity index (χ0) is 18.1. The average Bonchev–Trinajstić information content (AvgIpc) is 3.18. The molecule has 0 fully saturated rings. The van der Waals surface area contributed by atoms with Gasteiger partial charge >= 0.3 is 0 Å². The van der Waals surface area contributed by atoms with E-state index in [2.05, 4.69) is 0 Å². The van der Waals surface area contributed by atoms with Gasteiger partial charge in [-0.2, -0.15) is 0 Å². The fraction of sp³-hybridized carbons (Fsp3) is 0.143. The van der Waals surface area contributed by atoms with Crippen molar-refractivity contribution >= 4 is 39.0 Å². The van der Waals surface area contributed by atoms with Crippen LogP contribution in [0.5, 0.6) is 0 Å². The summed E-state index contributed by atoms with van der Waals surface area (Å²) in [7, 11) is 1.81. The summed E-state index contributed by atoms with van der Waals surface area (Å²) in [6.07, 6.45) is 0. The van der Waals surface area contributed by atoms with Crippen molar-refractivity contribution in [3.05, 3.63) is 81.1 Å². The van der Waals surface area contributed by atoms with Crippen LogP contribution in [0.2, 0.25) is 0 Å². The lowest BCUT2D eigenvalue weighted by Crippen LogP contribution is -2.30. The Kier molecular flexibility index (Phi) is 4.31. The Hall–Kier alpha value is -2.92. The summed E-state index contributed by atoms with van der Waals surface area (Å²) in [6, 6.07) is 19.0. The van der Waals surface area contributed by atoms with Crippen LogP contribution in [-0.2, 0) is 17.9 Å². The summed E-state index contributed by atoms with van der Waals surface area (Å²) in [5, 5.41) is 3.29. The van der Waals surface area contributed by atoms with E-state index in [1.807, 2.05) is 77.7 Å². The molecule has 0 aliphatic heterocycles. The van der Waals surface area contributed by atoms with Gasteiger partial charge in [0.2, 0.25) is 5.91 Å². The molecule has 0 saturated heterocycles. The molecule has 4 aromatic rings. The van der Waals surface area contributed by atoms with Gasteiger partial charge in [0, 0.05) is 22.7 Å². The molecular weight excluding hydrogens is 344 g/mol. The van der Waals surface area contributed by atoms with Gasteiger partial charge in [0.1, 0.15) is 6.54 Å². The number of pyridine rings is 1. The second-order valence-electron chi connectivity index (χ2n) is 6.28. The fourth-order valence-corrected chi connectivity index (χ4v) is 3.98. The van der Waals surface area contributed by atoms with E-state index in [-0.39, 0.29) is 17.9 Å². The normalized spacial score (nSPS) is 11.1. The monoisotopic (exact) mass is 362 g/mol. The van der Waals surface area contributed by atoms with Gasteiger partial charge in [-0.05, 0) is 35.7 Å². The minimum absolute atomic E-state index is 0.00633. The molecule has 0 aliphatic carbocycles. The van der Waals surface area contributed by atoms with Crippen molar-refractivity contribution in [1.29, 1.82) is 0 Å². The molecule has 5 heteroatoms. The summed E-state index contributed by atoms with van der Waals surface area (Å²) in [5.74, 6) is 0.0114. The van der Waals surface area contributed by atoms with E-state index in [4.69, 9.17) is 0 Å². The van der Waals surface area contributed by atoms with Crippen LogP contribution >= 0.6 is 11.3 Å². The lowest BCUT2D eigenvalue weighted by atomic mass is 10.1. The summed E-state index contributed by atoms with van der Waals surface area (Å²) in [4.78, 5) is 28.5. The predicted molar refractivity (Wildman–Crippen MR) is 107 cm³/mol. The van der Waals surface area contributed by atoms with Crippen molar-refractivity contribution in [1.82, 2.24) is 9.47 Å². The van der Waals surface area contributed by atoms with Crippen molar-refractivity contribution in [2.45, 2.75) is 13.1 Å². The maximum Gasteiger partial charge on any atom is 0.242 e. The van der Waals surface area contributed by atoms with Crippen LogP contribution in [0.1, 0.15) is 4.88 Å². The molecule has 0 spiro atoms. The molecule has 4 rings (SSSR count). The molecule has 0 bridgehead atoms. The van der Waals surface area contributed by atoms with Crippen LogP contribution in [0.3, 0.4) is 0 Å². The quantitative estimate of drug-likeness (QED) is 0.517. The molecule has 0 aliphatic rings. The molecule has 0 radical (unpaired) electrons.